The van der Waals surface area contributed by atoms with Crippen molar-refractivity contribution < 1.29 is 69.5 Å². The van der Waals surface area contributed by atoms with Crippen LogP contribution in [0.1, 0.15) is 29.8 Å². The summed E-state index contributed by atoms with van der Waals surface area (Å²) in [6, 6.07) is 23.1. The molecule has 1 amide bonds. The van der Waals surface area contributed by atoms with Crippen LogP contribution in [0.3, 0.4) is 0 Å². The summed E-state index contributed by atoms with van der Waals surface area (Å²) in [6.07, 6.45) is -16.0. The van der Waals surface area contributed by atoms with Crippen LogP contribution in [0.4, 0.5) is 32.2 Å². The van der Waals surface area contributed by atoms with Crippen LogP contribution in [0, 0.1) is 5.92 Å². The molecule has 2 N–H and O–H groups in total. The molecule has 308 valence electrons. The molecule has 0 spiro atoms. The van der Waals surface area contributed by atoms with E-state index in [-0.39, 0.29) is 17.0 Å². The average Bonchev–Trinajstić information content (AvgIpc) is 3.75. The number of aliphatic hydroxyl groups excluding tert-OH is 1. The van der Waals surface area contributed by atoms with Gasteiger partial charge in [-0.1, -0.05) is 54.6 Å². The minimum absolute atomic E-state index is 0.00181. The molecule has 14 nitrogen and oxygen atoms in total. The summed E-state index contributed by atoms with van der Waals surface area (Å²) in [5.41, 5.74) is 0.522. The monoisotopic (exact) mass is 819 g/mol. The molecule has 4 atom stereocenters. The van der Waals surface area contributed by atoms with Crippen LogP contribution in [-0.4, -0.2) is 94.8 Å². The summed E-state index contributed by atoms with van der Waals surface area (Å²) in [7, 11) is 3.02. The molecule has 0 aliphatic carbocycles. The number of carbonyl (C=O) groups is 2. The molecule has 0 bridgehead atoms. The molecule has 1 aliphatic heterocycles. The molecule has 6 rings (SSSR count). The number of hydrogen-bond donors (Lipinski definition) is 2. The lowest BCUT2D eigenvalue weighted by molar-refractivity contribution is -0.285. The van der Waals surface area contributed by atoms with Crippen molar-refractivity contribution in [2.75, 3.05) is 32.9 Å². The van der Waals surface area contributed by atoms with Crippen molar-refractivity contribution in [2.45, 2.75) is 49.4 Å². The van der Waals surface area contributed by atoms with E-state index in [1.165, 1.54) is 32.0 Å². The number of anilines is 1. The minimum atomic E-state index is -6.02. The number of rotatable bonds is 14. The molecule has 2 aromatic heterocycles. The minimum Gasteiger partial charge on any atom is -0.497 e. The summed E-state index contributed by atoms with van der Waals surface area (Å²) >= 11 is 0. The van der Waals surface area contributed by atoms with Crippen molar-refractivity contribution in [3.63, 3.8) is 0 Å². The zero-order valence-corrected chi connectivity index (χ0v) is 30.7. The molecule has 5 aromatic rings. The number of aromatic nitrogens is 4. The highest BCUT2D eigenvalue weighted by atomic mass is 19.4. The van der Waals surface area contributed by atoms with Crippen LogP contribution in [0.15, 0.2) is 91.5 Å². The first-order chi connectivity index (χ1) is 27.6. The number of methoxy groups -OCH3 is 2. The van der Waals surface area contributed by atoms with Crippen molar-refractivity contribution in [3.8, 4) is 11.5 Å². The van der Waals surface area contributed by atoms with Gasteiger partial charge >= 0.3 is 18.3 Å². The normalized spacial score (nSPS) is 18.7. The Morgan fingerprint density at radius 2 is 1.41 bits per heavy atom. The molecule has 0 unspecified atom stereocenters. The Kier molecular flexibility index (Phi) is 12.2. The molecular formula is C38H35F6N5O9. The van der Waals surface area contributed by atoms with Crippen LogP contribution >= 0.6 is 0 Å². The predicted molar refractivity (Wildman–Crippen MR) is 189 cm³/mol. The first-order valence-electron chi connectivity index (χ1n) is 17.3. The number of carbonyl (C=O) groups excluding carboxylic acids is 2. The van der Waals surface area contributed by atoms with Gasteiger partial charge in [0.25, 0.3) is 0 Å². The van der Waals surface area contributed by atoms with E-state index in [0.717, 1.165) is 6.33 Å². The second kappa shape index (κ2) is 16.9. The van der Waals surface area contributed by atoms with Crippen LogP contribution < -0.4 is 14.8 Å². The molecule has 3 aromatic carbocycles. The Hall–Kier alpha value is -5.83. The van der Waals surface area contributed by atoms with Gasteiger partial charge < -0.3 is 38.8 Å². The van der Waals surface area contributed by atoms with E-state index in [2.05, 4.69) is 25.0 Å². The number of fused-ring (bicyclic) bond motifs is 1. The van der Waals surface area contributed by atoms with Gasteiger partial charge in [0.2, 0.25) is 11.8 Å². The predicted octanol–water partition coefficient (Wildman–Crippen LogP) is 5.70. The number of ether oxygens (including phenoxy) is 6. The third kappa shape index (κ3) is 8.54. The SMILES string of the molecule is COc1ccc(C(OC[C@H]2O[C@@H](n3cnc4c(NC(C)=O)ncnc43)[C@H](OCOC(=O)C(C(F)(F)F)C(F)(F)F)[C@@H]2O)(c2ccccc2)c2ccc(OC)cc2)cc1. The Bertz CT molecular complexity index is 2130. The van der Waals surface area contributed by atoms with Gasteiger partial charge in [-0.2, -0.15) is 26.3 Å². The zero-order chi connectivity index (χ0) is 41.8. The van der Waals surface area contributed by atoms with Gasteiger partial charge in [-0.05, 0) is 41.0 Å². The smallest absolute Gasteiger partial charge is 0.411 e. The summed E-state index contributed by atoms with van der Waals surface area (Å²) in [5.74, 6) is -6.51. The van der Waals surface area contributed by atoms with E-state index in [0.29, 0.717) is 28.2 Å². The van der Waals surface area contributed by atoms with Crippen molar-refractivity contribution in [3.05, 3.63) is 108 Å². The van der Waals surface area contributed by atoms with Crippen molar-refractivity contribution in [1.29, 1.82) is 0 Å². The molecule has 0 saturated carbocycles. The summed E-state index contributed by atoms with van der Waals surface area (Å²) < 4.78 is 114. The van der Waals surface area contributed by atoms with Gasteiger partial charge in [0.15, 0.2) is 30.0 Å². The second-order valence-electron chi connectivity index (χ2n) is 12.8. The molecule has 20 heteroatoms. The topological polar surface area (TPSA) is 165 Å². The molecule has 58 heavy (non-hydrogen) atoms. The third-order valence-electron chi connectivity index (χ3n) is 9.23. The van der Waals surface area contributed by atoms with E-state index in [1.54, 1.807) is 60.7 Å². The molecular weight excluding hydrogens is 784 g/mol. The average molecular weight is 820 g/mol. The van der Waals surface area contributed by atoms with E-state index < -0.39 is 73.7 Å². The fourth-order valence-electron chi connectivity index (χ4n) is 6.54. The Balaban J connectivity index is 1.38. The van der Waals surface area contributed by atoms with Gasteiger partial charge in [-0.15, -0.1) is 0 Å². The van der Waals surface area contributed by atoms with E-state index in [1.807, 2.05) is 18.2 Å². The molecule has 1 saturated heterocycles. The maximum absolute atomic E-state index is 13.2. The summed E-state index contributed by atoms with van der Waals surface area (Å²) in [6.45, 7) is -0.652. The van der Waals surface area contributed by atoms with E-state index in [4.69, 9.17) is 23.7 Å². The van der Waals surface area contributed by atoms with Gasteiger partial charge in [0, 0.05) is 6.92 Å². The number of aliphatic hydroxyl groups is 1. The number of nitrogens with zero attached hydrogens (tertiary/aromatic N) is 4. The first kappa shape index (κ1) is 41.8. The lowest BCUT2D eigenvalue weighted by Gasteiger charge is -2.37. The Morgan fingerprint density at radius 1 is 0.845 bits per heavy atom. The quantitative estimate of drug-likeness (QED) is 0.0609. The van der Waals surface area contributed by atoms with Crippen LogP contribution in [0.2, 0.25) is 0 Å². The number of amides is 1. The maximum Gasteiger partial charge on any atom is 0.411 e. The highest BCUT2D eigenvalue weighted by molar-refractivity contribution is 5.95. The van der Waals surface area contributed by atoms with Crippen molar-refractivity contribution in [1.82, 2.24) is 19.5 Å². The second-order valence-corrected chi connectivity index (χ2v) is 12.8. The van der Waals surface area contributed by atoms with Gasteiger partial charge in [0.05, 0.1) is 27.2 Å². The highest BCUT2D eigenvalue weighted by Crippen LogP contribution is 2.44. The Morgan fingerprint density at radius 3 is 1.95 bits per heavy atom. The number of halogens is 6. The molecule has 1 fully saturated rings. The maximum atomic E-state index is 13.2. The van der Waals surface area contributed by atoms with Crippen LogP contribution in [-0.2, 0) is 34.1 Å². The highest BCUT2D eigenvalue weighted by Gasteiger charge is 2.62. The lowest BCUT2D eigenvalue weighted by atomic mass is 9.80. The van der Waals surface area contributed by atoms with E-state index in [9.17, 15) is 41.0 Å². The number of hydrogen-bond acceptors (Lipinski definition) is 12. The third-order valence-corrected chi connectivity index (χ3v) is 9.23. The summed E-state index contributed by atoms with van der Waals surface area (Å²) in [4.78, 5) is 36.4. The number of esters is 1. The fourth-order valence-corrected chi connectivity index (χ4v) is 6.54. The van der Waals surface area contributed by atoms with E-state index >= 15 is 0 Å². The first-order valence-corrected chi connectivity index (χ1v) is 17.3. The summed E-state index contributed by atoms with van der Waals surface area (Å²) in [5, 5.41) is 14.3. The van der Waals surface area contributed by atoms with Crippen molar-refractivity contribution in [2.24, 2.45) is 5.92 Å². The number of nitrogens with one attached hydrogen (secondary N) is 1. The fraction of sp³-hybridized carbons (Fsp3) is 0.342. The van der Waals surface area contributed by atoms with Gasteiger partial charge in [-0.3, -0.25) is 14.2 Å². The van der Waals surface area contributed by atoms with Gasteiger partial charge in [-0.25, -0.2) is 15.0 Å². The Labute approximate surface area is 325 Å². The molecule has 0 radical (unpaired) electrons. The molecule has 3 heterocycles. The number of imidazole rings is 1. The number of benzene rings is 3. The largest absolute Gasteiger partial charge is 0.497 e. The molecule has 1 aliphatic rings. The standard InChI is InChI=1S/C38H35F6N5O9/c1-21(50)48-32-28-33(46-18-45-32)49(19-47-28)34-30(55-20-56-35(52)31(37(39,40)41)38(42,43)44)29(51)27(58-34)17-57-36(22-7-5-4-6-8-22,23-9-13-25(53-2)14-10-23)24-11-15-26(54-3)16-12-24/h4-16,18-19,27,29-31,34,51H,17,20H2,1-3H3,(H,45,46,48,50)/t27-,29-,30-,34-/m1/s1. The number of alkyl halides is 6. The van der Waals surface area contributed by atoms with Crippen LogP contribution in [0.25, 0.3) is 11.2 Å². The zero-order valence-electron chi connectivity index (χ0n) is 30.7. The lowest BCUT2D eigenvalue weighted by Crippen LogP contribution is -2.44. The van der Waals surface area contributed by atoms with Crippen molar-refractivity contribution >= 4 is 28.9 Å². The van der Waals surface area contributed by atoms with Crippen LogP contribution in [0.5, 0.6) is 11.5 Å². The van der Waals surface area contributed by atoms with Gasteiger partial charge in [0.1, 0.15) is 41.7 Å².